The largest absolute Gasteiger partial charge is 0.387 e. The molecule has 1 saturated heterocycles. The predicted octanol–water partition coefficient (Wildman–Crippen LogP) is -2.88. The highest BCUT2D eigenvalue weighted by atomic mass is 16.6. The first-order valence-electron chi connectivity index (χ1n) is 5.64. The van der Waals surface area contributed by atoms with E-state index >= 15 is 0 Å². The molecular formula is C10H14N4O6. The standard InChI is InChI=1S/C10H14N4O6/c1-19-13-8(17)7-5(15)6(16)9(20-7)14-3-2-4(11)12-10(14)18/h2-3,5-7,9,15-16H,1H3,(H,13,17)(H2,11,12,18)/t5-,6+,7-,9+/m0/s1. The number of hydroxylamine groups is 1. The van der Waals surface area contributed by atoms with Crippen LogP contribution >= 0.6 is 0 Å². The fourth-order valence-electron chi connectivity index (χ4n) is 1.88. The van der Waals surface area contributed by atoms with Gasteiger partial charge in [0.25, 0.3) is 5.91 Å². The molecule has 0 bridgehead atoms. The number of amides is 1. The van der Waals surface area contributed by atoms with Crippen LogP contribution in [-0.2, 0) is 14.4 Å². The summed E-state index contributed by atoms with van der Waals surface area (Å²) in [5.41, 5.74) is 6.55. The number of nitrogen functional groups attached to an aromatic ring is 1. The lowest BCUT2D eigenvalue weighted by atomic mass is 10.1. The first kappa shape index (κ1) is 14.4. The Morgan fingerprint density at radius 2 is 2.25 bits per heavy atom. The van der Waals surface area contributed by atoms with Gasteiger partial charge in [0, 0.05) is 6.20 Å². The Hall–Kier alpha value is -2.01. The van der Waals surface area contributed by atoms with E-state index in [2.05, 4.69) is 9.82 Å². The van der Waals surface area contributed by atoms with Crippen molar-refractivity contribution in [1.82, 2.24) is 15.0 Å². The van der Waals surface area contributed by atoms with Crippen molar-refractivity contribution in [3.05, 3.63) is 22.7 Å². The number of carbonyl (C=O) groups excluding carboxylic acids is 1. The number of aromatic nitrogens is 2. The van der Waals surface area contributed by atoms with Gasteiger partial charge in [0.1, 0.15) is 18.0 Å². The molecule has 1 amide bonds. The molecule has 0 spiro atoms. The van der Waals surface area contributed by atoms with Gasteiger partial charge >= 0.3 is 5.69 Å². The summed E-state index contributed by atoms with van der Waals surface area (Å²) in [6.45, 7) is 0. The van der Waals surface area contributed by atoms with Gasteiger partial charge in [-0.25, -0.2) is 10.3 Å². The summed E-state index contributed by atoms with van der Waals surface area (Å²) >= 11 is 0. The molecule has 2 rings (SSSR count). The number of aliphatic hydroxyl groups excluding tert-OH is 2. The normalized spacial score (nSPS) is 29.4. The lowest BCUT2D eigenvalue weighted by molar-refractivity contribution is -0.148. The second-order valence-corrected chi connectivity index (χ2v) is 4.14. The van der Waals surface area contributed by atoms with Crippen molar-refractivity contribution < 1.29 is 24.6 Å². The molecule has 1 aliphatic heterocycles. The highest BCUT2D eigenvalue weighted by Crippen LogP contribution is 2.28. The second kappa shape index (κ2) is 5.54. The topological polar surface area (TPSA) is 149 Å². The molecule has 1 aliphatic rings. The van der Waals surface area contributed by atoms with Gasteiger partial charge in [0.2, 0.25) is 0 Å². The fourth-order valence-corrected chi connectivity index (χ4v) is 1.88. The van der Waals surface area contributed by atoms with Crippen LogP contribution in [0.2, 0.25) is 0 Å². The van der Waals surface area contributed by atoms with Crippen LogP contribution in [0, 0.1) is 0 Å². The van der Waals surface area contributed by atoms with Gasteiger partial charge in [0.15, 0.2) is 12.3 Å². The molecule has 110 valence electrons. The highest BCUT2D eigenvalue weighted by molar-refractivity contribution is 5.80. The molecular weight excluding hydrogens is 272 g/mol. The van der Waals surface area contributed by atoms with E-state index < -0.39 is 36.1 Å². The van der Waals surface area contributed by atoms with Crippen molar-refractivity contribution in [2.45, 2.75) is 24.5 Å². The van der Waals surface area contributed by atoms with Crippen molar-refractivity contribution in [3.63, 3.8) is 0 Å². The van der Waals surface area contributed by atoms with E-state index in [0.29, 0.717) is 0 Å². The SMILES string of the molecule is CONC(=O)[C@H]1O[C@@H](n2ccc(N)nc2=O)[C@H](O)[C@@H]1O. The van der Waals surface area contributed by atoms with Crippen LogP contribution < -0.4 is 16.9 Å². The van der Waals surface area contributed by atoms with Crippen LogP contribution in [0.1, 0.15) is 6.23 Å². The van der Waals surface area contributed by atoms with Crippen LogP contribution in [0.5, 0.6) is 0 Å². The van der Waals surface area contributed by atoms with Gasteiger partial charge < -0.3 is 20.7 Å². The third kappa shape index (κ3) is 2.49. The molecule has 0 saturated carbocycles. The minimum atomic E-state index is -1.51. The van der Waals surface area contributed by atoms with Gasteiger partial charge in [-0.1, -0.05) is 0 Å². The number of anilines is 1. The summed E-state index contributed by atoms with van der Waals surface area (Å²) in [4.78, 5) is 31.1. The maximum atomic E-state index is 11.7. The smallest absolute Gasteiger partial charge is 0.351 e. The maximum absolute atomic E-state index is 11.7. The van der Waals surface area contributed by atoms with E-state index in [1.54, 1.807) is 0 Å². The molecule has 10 heteroatoms. The molecule has 0 aromatic carbocycles. The second-order valence-electron chi connectivity index (χ2n) is 4.14. The zero-order valence-corrected chi connectivity index (χ0v) is 10.5. The van der Waals surface area contributed by atoms with Crippen LogP contribution in [0.15, 0.2) is 17.1 Å². The molecule has 0 aliphatic carbocycles. The number of rotatable bonds is 3. The van der Waals surface area contributed by atoms with E-state index in [1.165, 1.54) is 19.4 Å². The Bertz CT molecular complexity index is 561. The number of hydrogen-bond acceptors (Lipinski definition) is 8. The number of carbonyl (C=O) groups is 1. The van der Waals surface area contributed by atoms with Crippen LogP contribution in [0.4, 0.5) is 5.82 Å². The van der Waals surface area contributed by atoms with Crippen LogP contribution in [0.25, 0.3) is 0 Å². The predicted molar refractivity (Wildman–Crippen MR) is 64.0 cm³/mol. The highest BCUT2D eigenvalue weighted by Gasteiger charge is 2.47. The lowest BCUT2D eigenvalue weighted by Gasteiger charge is -2.16. The minimum absolute atomic E-state index is 0.00737. The molecule has 2 heterocycles. The van der Waals surface area contributed by atoms with Gasteiger partial charge in [-0.15, -0.1) is 0 Å². The van der Waals surface area contributed by atoms with Gasteiger partial charge in [-0.05, 0) is 6.07 Å². The molecule has 1 aromatic rings. The molecule has 0 radical (unpaired) electrons. The van der Waals surface area contributed by atoms with Gasteiger partial charge in [-0.3, -0.25) is 14.2 Å². The number of ether oxygens (including phenoxy) is 1. The van der Waals surface area contributed by atoms with Crippen LogP contribution in [0.3, 0.4) is 0 Å². The lowest BCUT2D eigenvalue weighted by Crippen LogP contribution is -2.42. The molecule has 1 fully saturated rings. The molecule has 10 nitrogen and oxygen atoms in total. The Kier molecular flexibility index (Phi) is 3.99. The van der Waals surface area contributed by atoms with Crippen molar-refractivity contribution in [3.8, 4) is 0 Å². The molecule has 20 heavy (non-hydrogen) atoms. The zero-order valence-electron chi connectivity index (χ0n) is 10.5. The average molecular weight is 286 g/mol. The summed E-state index contributed by atoms with van der Waals surface area (Å²) in [7, 11) is 1.21. The molecule has 1 aromatic heterocycles. The Morgan fingerprint density at radius 3 is 2.85 bits per heavy atom. The van der Waals surface area contributed by atoms with Crippen molar-refractivity contribution in [2.75, 3.05) is 12.8 Å². The summed E-state index contributed by atoms with van der Waals surface area (Å²) in [6.07, 6.45) is -4.37. The number of hydrogen-bond donors (Lipinski definition) is 4. The number of nitrogens with one attached hydrogen (secondary N) is 1. The van der Waals surface area contributed by atoms with E-state index in [4.69, 9.17) is 10.5 Å². The zero-order chi connectivity index (χ0) is 14.9. The van der Waals surface area contributed by atoms with Crippen molar-refractivity contribution in [2.24, 2.45) is 0 Å². The Morgan fingerprint density at radius 1 is 1.55 bits per heavy atom. The quantitative estimate of drug-likeness (QED) is 0.433. The number of aliphatic hydroxyl groups is 2. The first-order valence-corrected chi connectivity index (χ1v) is 5.64. The van der Waals surface area contributed by atoms with E-state index in [0.717, 1.165) is 4.57 Å². The van der Waals surface area contributed by atoms with E-state index in [9.17, 15) is 19.8 Å². The Balaban J connectivity index is 2.26. The van der Waals surface area contributed by atoms with E-state index in [-0.39, 0.29) is 5.82 Å². The molecule has 0 unspecified atom stereocenters. The molecule has 4 atom stereocenters. The van der Waals surface area contributed by atoms with Gasteiger partial charge in [-0.2, -0.15) is 4.98 Å². The van der Waals surface area contributed by atoms with Crippen LogP contribution in [-0.4, -0.2) is 51.1 Å². The summed E-state index contributed by atoms with van der Waals surface area (Å²) < 4.78 is 6.13. The minimum Gasteiger partial charge on any atom is -0.387 e. The molecule has 5 N–H and O–H groups in total. The summed E-state index contributed by atoms with van der Waals surface area (Å²) in [6, 6.07) is 1.33. The third-order valence-corrected chi connectivity index (χ3v) is 2.83. The van der Waals surface area contributed by atoms with E-state index in [1.807, 2.05) is 5.48 Å². The first-order chi connectivity index (χ1) is 9.45. The fraction of sp³-hybridized carbons (Fsp3) is 0.500. The summed E-state index contributed by atoms with van der Waals surface area (Å²) in [5, 5.41) is 19.7. The van der Waals surface area contributed by atoms with Crippen molar-refractivity contribution in [1.29, 1.82) is 0 Å². The maximum Gasteiger partial charge on any atom is 0.351 e. The number of nitrogens with zero attached hydrogens (tertiary/aromatic N) is 2. The monoisotopic (exact) mass is 286 g/mol. The number of nitrogens with two attached hydrogens (primary N) is 1. The van der Waals surface area contributed by atoms with Gasteiger partial charge in [0.05, 0.1) is 7.11 Å². The summed E-state index contributed by atoms with van der Waals surface area (Å²) in [5.74, 6) is -0.772. The third-order valence-electron chi connectivity index (χ3n) is 2.83. The van der Waals surface area contributed by atoms with Crippen molar-refractivity contribution >= 4 is 11.7 Å². The Labute approximate surface area is 112 Å². The average Bonchev–Trinajstić information content (AvgIpc) is 2.67.